The van der Waals surface area contributed by atoms with Crippen LogP contribution in [0.25, 0.3) is 10.9 Å². The summed E-state index contributed by atoms with van der Waals surface area (Å²) in [5, 5.41) is 11.8. The predicted octanol–water partition coefficient (Wildman–Crippen LogP) is 5.24. The fourth-order valence-electron chi connectivity index (χ4n) is 2.60. The summed E-state index contributed by atoms with van der Waals surface area (Å²) >= 11 is 13.5. The third-order valence-corrected chi connectivity index (χ3v) is 5.61. The number of halogens is 2. The molecule has 0 aliphatic carbocycles. The van der Waals surface area contributed by atoms with Gasteiger partial charge in [-0.05, 0) is 24.6 Å². The van der Waals surface area contributed by atoms with E-state index in [1.807, 2.05) is 0 Å². The van der Waals surface area contributed by atoms with Gasteiger partial charge >= 0.3 is 0 Å². The number of aromatic nitrogens is 1. The van der Waals surface area contributed by atoms with Crippen molar-refractivity contribution < 1.29 is 9.72 Å². The quantitative estimate of drug-likeness (QED) is 0.262. The number of nitro benzene ring substituents is 1. The Morgan fingerprint density at radius 1 is 1.15 bits per heavy atom. The maximum Gasteiger partial charge on any atom is 0.269 e. The highest BCUT2D eigenvalue weighted by Gasteiger charge is 2.19. The first kappa shape index (κ1) is 19.4. The summed E-state index contributed by atoms with van der Waals surface area (Å²) in [4.78, 5) is 38.2. The Bertz CT molecular complexity index is 1130. The van der Waals surface area contributed by atoms with Crippen LogP contribution >= 0.6 is 35.0 Å². The molecule has 0 bridgehead atoms. The highest BCUT2D eigenvalue weighted by molar-refractivity contribution is 7.98. The Balaban J connectivity index is 2.04. The lowest BCUT2D eigenvalue weighted by Crippen LogP contribution is -2.17. The number of carbonyl (C=O) groups is 1. The van der Waals surface area contributed by atoms with Crippen LogP contribution in [-0.4, -0.2) is 15.7 Å². The van der Waals surface area contributed by atoms with Crippen LogP contribution < -0.4 is 5.43 Å². The fraction of sp³-hybridized carbons (Fsp3) is 0.111. The summed E-state index contributed by atoms with van der Waals surface area (Å²) < 4.78 is 0. The molecule has 0 saturated carbocycles. The number of thioether (sulfide) groups is 1. The summed E-state index contributed by atoms with van der Waals surface area (Å²) in [6.07, 6.45) is 0. The zero-order chi connectivity index (χ0) is 19.7. The number of rotatable bonds is 5. The fourth-order valence-corrected chi connectivity index (χ4v) is 4.10. The molecule has 0 spiro atoms. The number of ketones is 1. The molecule has 3 rings (SSSR count). The largest absolute Gasteiger partial charge is 0.348 e. The number of pyridine rings is 1. The minimum atomic E-state index is -0.477. The molecular formula is C18H12Cl2N2O4S. The lowest BCUT2D eigenvalue weighted by Gasteiger charge is -2.11. The monoisotopic (exact) mass is 422 g/mol. The van der Waals surface area contributed by atoms with Gasteiger partial charge in [0.25, 0.3) is 5.69 Å². The van der Waals surface area contributed by atoms with Crippen molar-refractivity contribution in [1.29, 1.82) is 0 Å². The summed E-state index contributed by atoms with van der Waals surface area (Å²) in [6.45, 7) is 1.31. The number of carbonyl (C=O) groups excluding carboxylic acids is 1. The smallest absolute Gasteiger partial charge is 0.269 e. The molecule has 0 fully saturated rings. The second kappa shape index (κ2) is 7.72. The van der Waals surface area contributed by atoms with Crippen LogP contribution in [0.3, 0.4) is 0 Å². The normalized spacial score (nSPS) is 10.9. The number of nitrogens with one attached hydrogen (secondary N) is 1. The van der Waals surface area contributed by atoms with Crippen LogP contribution in [0.5, 0.6) is 0 Å². The van der Waals surface area contributed by atoms with E-state index in [-0.39, 0.29) is 27.4 Å². The van der Waals surface area contributed by atoms with Crippen molar-refractivity contribution in [2.24, 2.45) is 0 Å². The Kier molecular flexibility index (Phi) is 5.55. The van der Waals surface area contributed by atoms with Crippen molar-refractivity contribution in [3.05, 3.63) is 77.9 Å². The third kappa shape index (κ3) is 3.85. The highest BCUT2D eigenvalue weighted by atomic mass is 35.5. The van der Waals surface area contributed by atoms with Crippen LogP contribution in [0.4, 0.5) is 5.69 Å². The van der Waals surface area contributed by atoms with Gasteiger partial charge in [-0.25, -0.2) is 0 Å². The maximum atomic E-state index is 12.8. The van der Waals surface area contributed by atoms with Crippen LogP contribution in [0.2, 0.25) is 10.0 Å². The van der Waals surface area contributed by atoms with Gasteiger partial charge in [0.15, 0.2) is 5.78 Å². The van der Waals surface area contributed by atoms with Crippen LogP contribution in [0, 0.1) is 10.1 Å². The van der Waals surface area contributed by atoms with Crippen molar-refractivity contribution in [3.63, 3.8) is 0 Å². The van der Waals surface area contributed by atoms with Crippen molar-refractivity contribution in [2.75, 3.05) is 0 Å². The van der Waals surface area contributed by atoms with Gasteiger partial charge in [0, 0.05) is 17.9 Å². The van der Waals surface area contributed by atoms with E-state index in [2.05, 4.69) is 4.98 Å². The molecule has 1 aromatic heterocycles. The zero-order valence-electron chi connectivity index (χ0n) is 13.9. The molecular weight excluding hydrogens is 411 g/mol. The van der Waals surface area contributed by atoms with Gasteiger partial charge in [-0.3, -0.25) is 19.7 Å². The van der Waals surface area contributed by atoms with E-state index >= 15 is 0 Å². The van der Waals surface area contributed by atoms with E-state index in [0.717, 1.165) is 5.56 Å². The number of fused-ring (bicyclic) bond motifs is 1. The topological polar surface area (TPSA) is 93.1 Å². The standard InChI is InChI=1S/C18H12Cl2N2O4S/c1-9(23)14-17(24)15-12(19)6-7-13(20)16(15)21-18(14)27-8-10-2-4-11(5-3-10)22(25)26/h2-7H,8H2,1H3,(H,21,24). The van der Waals surface area contributed by atoms with Gasteiger partial charge in [-0.1, -0.05) is 35.3 Å². The first-order valence-corrected chi connectivity index (χ1v) is 9.44. The number of Topliss-reactive ketones (excluding diaryl/α,β-unsaturated/α-hetero) is 1. The molecule has 27 heavy (non-hydrogen) atoms. The van der Waals surface area contributed by atoms with Gasteiger partial charge in [0.2, 0.25) is 5.43 Å². The number of H-pyrrole nitrogens is 1. The Morgan fingerprint density at radius 2 is 1.78 bits per heavy atom. The number of non-ortho nitro benzene ring substituents is 1. The molecule has 9 heteroatoms. The van der Waals surface area contributed by atoms with Crippen LogP contribution in [0.1, 0.15) is 22.8 Å². The van der Waals surface area contributed by atoms with Crippen LogP contribution in [-0.2, 0) is 5.75 Å². The number of nitro groups is 1. The first-order valence-electron chi connectivity index (χ1n) is 7.70. The number of benzene rings is 2. The van der Waals surface area contributed by atoms with Crippen molar-refractivity contribution in [1.82, 2.24) is 4.98 Å². The summed E-state index contributed by atoms with van der Waals surface area (Å²) in [5.41, 5.74) is 0.700. The van der Waals surface area contributed by atoms with Gasteiger partial charge in [0.05, 0.1) is 36.5 Å². The first-order chi connectivity index (χ1) is 12.8. The highest BCUT2D eigenvalue weighted by Crippen LogP contribution is 2.31. The number of hydrogen-bond donors (Lipinski definition) is 1. The molecule has 0 radical (unpaired) electrons. The molecule has 1 N–H and O–H groups in total. The number of aromatic amines is 1. The molecule has 0 aliphatic heterocycles. The van der Waals surface area contributed by atoms with E-state index in [4.69, 9.17) is 23.2 Å². The Morgan fingerprint density at radius 3 is 2.37 bits per heavy atom. The van der Waals surface area contributed by atoms with E-state index in [0.29, 0.717) is 21.3 Å². The lowest BCUT2D eigenvalue weighted by molar-refractivity contribution is -0.384. The molecule has 6 nitrogen and oxygen atoms in total. The van der Waals surface area contributed by atoms with E-state index < -0.39 is 10.4 Å². The van der Waals surface area contributed by atoms with Crippen molar-refractivity contribution in [3.8, 4) is 0 Å². The van der Waals surface area contributed by atoms with Gasteiger partial charge in [0.1, 0.15) is 0 Å². The molecule has 138 valence electrons. The predicted molar refractivity (Wildman–Crippen MR) is 107 cm³/mol. The Hall–Kier alpha value is -2.35. The Labute approximate surface area is 167 Å². The van der Waals surface area contributed by atoms with Gasteiger partial charge in [-0.15, -0.1) is 11.8 Å². The molecule has 0 amide bonds. The second-order valence-electron chi connectivity index (χ2n) is 5.71. The molecule has 1 heterocycles. The molecule has 0 unspecified atom stereocenters. The summed E-state index contributed by atoms with van der Waals surface area (Å²) in [5.74, 6) is 0.0122. The maximum absolute atomic E-state index is 12.8. The van der Waals surface area contributed by atoms with Crippen LogP contribution in [0.15, 0.2) is 46.2 Å². The summed E-state index contributed by atoms with van der Waals surface area (Å²) in [6, 6.07) is 9.14. The molecule has 0 saturated heterocycles. The second-order valence-corrected chi connectivity index (χ2v) is 7.51. The van der Waals surface area contributed by atoms with E-state index in [9.17, 15) is 19.7 Å². The van der Waals surface area contributed by atoms with E-state index in [1.54, 1.807) is 18.2 Å². The van der Waals surface area contributed by atoms with Gasteiger partial charge in [-0.2, -0.15) is 0 Å². The average Bonchev–Trinajstić information content (AvgIpc) is 2.62. The molecule has 2 aromatic carbocycles. The number of hydrogen-bond acceptors (Lipinski definition) is 5. The lowest BCUT2D eigenvalue weighted by atomic mass is 10.1. The molecule has 0 aliphatic rings. The summed E-state index contributed by atoms with van der Waals surface area (Å²) in [7, 11) is 0. The van der Waals surface area contributed by atoms with Crippen molar-refractivity contribution >= 4 is 57.3 Å². The average molecular weight is 423 g/mol. The molecule has 0 atom stereocenters. The zero-order valence-corrected chi connectivity index (χ0v) is 16.2. The molecule has 3 aromatic rings. The third-order valence-electron chi connectivity index (χ3n) is 3.91. The number of nitrogens with zero attached hydrogens (tertiary/aromatic N) is 1. The van der Waals surface area contributed by atoms with Gasteiger partial charge < -0.3 is 4.98 Å². The minimum absolute atomic E-state index is 0.00582. The van der Waals surface area contributed by atoms with Crippen molar-refractivity contribution in [2.45, 2.75) is 17.7 Å². The van der Waals surface area contributed by atoms with E-state index in [1.165, 1.54) is 36.9 Å². The minimum Gasteiger partial charge on any atom is -0.348 e. The SMILES string of the molecule is CC(=O)c1c(SCc2ccc([N+](=O)[O-])cc2)[nH]c2c(Cl)ccc(Cl)c2c1=O.